The lowest BCUT2D eigenvalue weighted by atomic mass is 9.71. The van der Waals surface area contributed by atoms with Gasteiger partial charge >= 0.3 is 0 Å². The molecule has 1 amide bonds. The fraction of sp³-hybridized carbons (Fsp3) is 0.367. The molecule has 3 aromatic carbocycles. The minimum Gasteiger partial charge on any atom is -0.493 e. The number of hydrogen-bond donors (Lipinski definition) is 0. The van der Waals surface area contributed by atoms with E-state index in [0.717, 1.165) is 11.6 Å². The maximum Gasteiger partial charge on any atom is 0.254 e. The third-order valence-corrected chi connectivity index (χ3v) is 7.87. The second-order valence-electron chi connectivity index (χ2n) is 10.1. The molecule has 7 nitrogen and oxygen atoms in total. The van der Waals surface area contributed by atoms with E-state index in [1.807, 2.05) is 0 Å². The van der Waals surface area contributed by atoms with Gasteiger partial charge in [0, 0.05) is 35.7 Å². The number of likely N-dealkylation sites (tertiary alicyclic amines) is 1. The van der Waals surface area contributed by atoms with Crippen LogP contribution < -0.4 is 14.2 Å². The van der Waals surface area contributed by atoms with Gasteiger partial charge in [0.2, 0.25) is 5.75 Å². The zero-order valence-electron chi connectivity index (χ0n) is 22.6. The molecule has 1 atom stereocenters. The van der Waals surface area contributed by atoms with Crippen LogP contribution in [0.3, 0.4) is 0 Å². The summed E-state index contributed by atoms with van der Waals surface area (Å²) in [5, 5.41) is 1.69. The third kappa shape index (κ3) is 5.21. The first-order chi connectivity index (χ1) is 19.3. The van der Waals surface area contributed by atoms with E-state index in [1.54, 1.807) is 34.2 Å². The third-order valence-electron chi connectivity index (χ3n) is 7.87. The monoisotopic (exact) mass is 556 g/mol. The standard InChI is InChI=1S/C30H31F3N2O5/c1-37-25-14-21(15-26(38-2)27(25)39-3)29(36)34-12-10-30(11-13-34)18-40-35(17-20-6-9-23(32)16-24(20)33)28(30)19-4-7-22(31)8-5-19/h4-9,14-16,28H,10-13,17-18H2,1-3H3. The number of nitrogens with zero attached hydrogens (tertiary/aromatic N) is 2. The minimum atomic E-state index is -0.659. The Morgan fingerprint density at radius 3 is 2.10 bits per heavy atom. The molecule has 2 aliphatic rings. The van der Waals surface area contributed by atoms with Crippen molar-refractivity contribution in [3.8, 4) is 17.2 Å². The van der Waals surface area contributed by atoms with Gasteiger partial charge in [-0.2, -0.15) is 5.06 Å². The van der Waals surface area contributed by atoms with Crippen LogP contribution in [0.4, 0.5) is 13.2 Å². The summed E-state index contributed by atoms with van der Waals surface area (Å²) in [6.07, 6.45) is 1.21. The molecule has 2 aliphatic heterocycles. The van der Waals surface area contributed by atoms with Crippen LogP contribution in [0.1, 0.15) is 40.4 Å². The average Bonchev–Trinajstić information content (AvgIpc) is 3.30. The molecule has 0 radical (unpaired) electrons. The van der Waals surface area contributed by atoms with Crippen molar-refractivity contribution in [2.24, 2.45) is 5.41 Å². The fourth-order valence-corrected chi connectivity index (χ4v) is 5.75. The number of methoxy groups -OCH3 is 3. The minimum absolute atomic E-state index is 0.0873. The topological polar surface area (TPSA) is 60.5 Å². The highest BCUT2D eigenvalue weighted by Crippen LogP contribution is 2.52. The summed E-state index contributed by atoms with van der Waals surface area (Å²) in [4.78, 5) is 21.4. The molecule has 0 aromatic heterocycles. The van der Waals surface area contributed by atoms with E-state index < -0.39 is 17.0 Å². The smallest absolute Gasteiger partial charge is 0.254 e. The molecule has 5 rings (SSSR count). The molecule has 0 saturated carbocycles. The fourth-order valence-electron chi connectivity index (χ4n) is 5.75. The van der Waals surface area contributed by atoms with Gasteiger partial charge in [0.05, 0.1) is 40.5 Å². The summed E-state index contributed by atoms with van der Waals surface area (Å²) < 4.78 is 58.0. The Kier molecular flexibility index (Phi) is 7.91. The maximum atomic E-state index is 14.5. The van der Waals surface area contributed by atoms with Crippen LogP contribution in [0, 0.1) is 22.9 Å². The second kappa shape index (κ2) is 11.4. The zero-order valence-corrected chi connectivity index (χ0v) is 22.6. The maximum absolute atomic E-state index is 14.5. The number of rotatable bonds is 7. The van der Waals surface area contributed by atoms with Gasteiger partial charge in [-0.15, -0.1) is 0 Å². The zero-order chi connectivity index (χ0) is 28.4. The Labute approximate surface area is 230 Å². The van der Waals surface area contributed by atoms with Crippen molar-refractivity contribution in [1.29, 1.82) is 0 Å². The van der Waals surface area contributed by atoms with Gasteiger partial charge in [-0.25, -0.2) is 13.2 Å². The summed E-state index contributed by atoms with van der Waals surface area (Å²) >= 11 is 0. The quantitative estimate of drug-likeness (QED) is 0.381. The van der Waals surface area contributed by atoms with Gasteiger partial charge in [-0.05, 0) is 48.7 Å². The Morgan fingerprint density at radius 2 is 1.52 bits per heavy atom. The van der Waals surface area contributed by atoms with Gasteiger partial charge in [0.15, 0.2) is 11.5 Å². The van der Waals surface area contributed by atoms with E-state index in [9.17, 15) is 18.0 Å². The second-order valence-corrected chi connectivity index (χ2v) is 10.1. The Balaban J connectivity index is 1.39. The van der Waals surface area contributed by atoms with E-state index in [1.165, 1.54) is 45.6 Å². The molecule has 0 bridgehead atoms. The van der Waals surface area contributed by atoms with Crippen LogP contribution in [0.15, 0.2) is 54.6 Å². The number of halogens is 3. The van der Waals surface area contributed by atoms with Crippen LogP contribution in [0.25, 0.3) is 0 Å². The Hall–Kier alpha value is -3.76. The predicted molar refractivity (Wildman–Crippen MR) is 141 cm³/mol. The summed E-state index contributed by atoms with van der Waals surface area (Å²) in [7, 11) is 4.49. The first-order valence-corrected chi connectivity index (χ1v) is 13.0. The SMILES string of the molecule is COc1cc(C(=O)N2CCC3(CC2)CON(Cc2ccc(F)cc2F)C3c2ccc(F)cc2)cc(OC)c1OC. The van der Waals surface area contributed by atoms with E-state index in [-0.39, 0.29) is 24.3 Å². The lowest BCUT2D eigenvalue weighted by Gasteiger charge is -2.42. The number of piperidine rings is 1. The number of carbonyl (C=O) groups excluding carboxylic acids is 1. The molecule has 0 aliphatic carbocycles. The van der Waals surface area contributed by atoms with Crippen LogP contribution in [0.5, 0.6) is 17.2 Å². The molecule has 1 spiro atoms. The molecular weight excluding hydrogens is 525 g/mol. The summed E-state index contributed by atoms with van der Waals surface area (Å²) in [5.74, 6) is -0.657. The molecule has 3 aromatic rings. The molecular formula is C30H31F3N2O5. The number of benzene rings is 3. The number of hydrogen-bond acceptors (Lipinski definition) is 6. The molecule has 1 unspecified atom stereocenters. The first kappa shape index (κ1) is 27.8. The van der Waals surface area contributed by atoms with Gasteiger partial charge in [-0.3, -0.25) is 9.63 Å². The molecule has 2 heterocycles. The van der Waals surface area contributed by atoms with Crippen molar-refractivity contribution in [1.82, 2.24) is 9.96 Å². The van der Waals surface area contributed by atoms with Gasteiger partial charge in [0.25, 0.3) is 5.91 Å². The number of ether oxygens (including phenoxy) is 3. The van der Waals surface area contributed by atoms with Gasteiger partial charge in [0.1, 0.15) is 17.5 Å². The van der Waals surface area contributed by atoms with Crippen molar-refractivity contribution >= 4 is 5.91 Å². The van der Waals surface area contributed by atoms with Crippen molar-refractivity contribution < 1.29 is 37.0 Å². The number of amides is 1. The summed E-state index contributed by atoms with van der Waals surface area (Å²) in [6, 6.07) is 12.6. The van der Waals surface area contributed by atoms with Gasteiger partial charge in [-0.1, -0.05) is 18.2 Å². The van der Waals surface area contributed by atoms with Crippen molar-refractivity contribution in [2.75, 3.05) is 41.0 Å². The van der Waals surface area contributed by atoms with Crippen LogP contribution >= 0.6 is 0 Å². The Bertz CT molecular complexity index is 1350. The van der Waals surface area contributed by atoms with E-state index in [2.05, 4.69) is 0 Å². The van der Waals surface area contributed by atoms with Gasteiger partial charge < -0.3 is 19.1 Å². The normalized spacial score (nSPS) is 18.6. The van der Waals surface area contributed by atoms with E-state index in [0.29, 0.717) is 60.9 Å². The highest BCUT2D eigenvalue weighted by atomic mass is 19.1. The van der Waals surface area contributed by atoms with Crippen molar-refractivity contribution in [3.63, 3.8) is 0 Å². The largest absolute Gasteiger partial charge is 0.493 e. The molecule has 2 saturated heterocycles. The predicted octanol–water partition coefficient (Wildman–Crippen LogP) is 5.54. The number of carbonyl (C=O) groups is 1. The molecule has 212 valence electrons. The summed E-state index contributed by atoms with van der Waals surface area (Å²) in [5.41, 5.74) is 1.13. The highest BCUT2D eigenvalue weighted by molar-refractivity contribution is 5.95. The molecule has 40 heavy (non-hydrogen) atoms. The summed E-state index contributed by atoms with van der Waals surface area (Å²) in [6.45, 7) is 1.35. The van der Waals surface area contributed by atoms with E-state index in [4.69, 9.17) is 19.0 Å². The van der Waals surface area contributed by atoms with Crippen LogP contribution in [-0.2, 0) is 11.4 Å². The van der Waals surface area contributed by atoms with Crippen molar-refractivity contribution in [3.05, 3.63) is 88.7 Å². The van der Waals surface area contributed by atoms with Crippen molar-refractivity contribution in [2.45, 2.75) is 25.4 Å². The Morgan fingerprint density at radius 1 is 0.900 bits per heavy atom. The van der Waals surface area contributed by atoms with Crippen LogP contribution in [0.2, 0.25) is 0 Å². The lowest BCUT2D eigenvalue weighted by molar-refractivity contribution is -0.141. The van der Waals surface area contributed by atoms with E-state index >= 15 is 0 Å². The molecule has 2 fully saturated rings. The number of hydroxylamine groups is 2. The molecule has 0 N–H and O–H groups in total. The average molecular weight is 557 g/mol. The first-order valence-electron chi connectivity index (χ1n) is 13.0. The highest BCUT2D eigenvalue weighted by Gasteiger charge is 2.51. The lowest BCUT2D eigenvalue weighted by Crippen LogP contribution is -2.46. The van der Waals surface area contributed by atoms with Crippen LogP contribution in [-0.4, -0.2) is 56.9 Å². The molecule has 10 heteroatoms.